The third kappa shape index (κ3) is 1.87. The maximum absolute atomic E-state index is 10.6. The highest BCUT2D eigenvalue weighted by Gasteiger charge is 2.26. The summed E-state index contributed by atoms with van der Waals surface area (Å²) in [6.45, 7) is 0. The Morgan fingerprint density at radius 2 is 2.21 bits per heavy atom. The number of hydrogen-bond acceptors (Lipinski definition) is 3. The van der Waals surface area contributed by atoms with E-state index in [-0.39, 0.29) is 17.5 Å². The molecule has 0 aromatic heterocycles. The van der Waals surface area contributed by atoms with Gasteiger partial charge in [-0.3, -0.25) is 10.1 Å². The first-order valence-electron chi connectivity index (χ1n) is 4.37. The molecule has 70 valence electrons. The molecule has 1 aromatic rings. The number of ether oxygens (including phenoxy) is 1. The lowest BCUT2D eigenvalue weighted by Crippen LogP contribution is -2.06. The Morgan fingerprint density at radius 3 is 2.79 bits per heavy atom. The maximum atomic E-state index is 10.6. The zero-order valence-electron chi connectivity index (χ0n) is 7.47. The molecular formula is C9H8BNO3. The highest BCUT2D eigenvalue weighted by molar-refractivity contribution is 6.32. The van der Waals surface area contributed by atoms with E-state index >= 15 is 0 Å². The van der Waals surface area contributed by atoms with Crippen molar-refractivity contribution in [2.24, 2.45) is 0 Å². The zero-order valence-corrected chi connectivity index (χ0v) is 7.47. The molecule has 0 saturated heterocycles. The van der Waals surface area contributed by atoms with E-state index in [1.54, 1.807) is 0 Å². The van der Waals surface area contributed by atoms with E-state index < -0.39 is 4.92 Å². The SMILES string of the molecule is [B]c1ccc([N+](=O)[O-])c(OC2CC2)c1. The van der Waals surface area contributed by atoms with Crippen molar-refractivity contribution in [2.75, 3.05) is 0 Å². The van der Waals surface area contributed by atoms with Crippen LogP contribution in [0.25, 0.3) is 0 Å². The van der Waals surface area contributed by atoms with Crippen LogP contribution in [0.2, 0.25) is 0 Å². The Kier molecular flexibility index (Phi) is 2.15. The summed E-state index contributed by atoms with van der Waals surface area (Å²) in [5.41, 5.74) is 0.456. The van der Waals surface area contributed by atoms with Crippen molar-refractivity contribution in [1.82, 2.24) is 0 Å². The second-order valence-electron chi connectivity index (χ2n) is 3.30. The molecule has 2 radical (unpaired) electrons. The van der Waals surface area contributed by atoms with Gasteiger partial charge in [0.15, 0.2) is 5.75 Å². The summed E-state index contributed by atoms with van der Waals surface area (Å²) < 4.78 is 5.38. The molecule has 1 aliphatic carbocycles. The van der Waals surface area contributed by atoms with Gasteiger partial charge in [0.25, 0.3) is 0 Å². The van der Waals surface area contributed by atoms with E-state index in [2.05, 4.69) is 0 Å². The molecule has 2 rings (SSSR count). The van der Waals surface area contributed by atoms with Gasteiger partial charge in [-0.15, -0.1) is 0 Å². The van der Waals surface area contributed by atoms with Crippen LogP contribution in [0, 0.1) is 10.1 Å². The van der Waals surface area contributed by atoms with Crippen molar-refractivity contribution in [1.29, 1.82) is 0 Å². The molecule has 0 heterocycles. The number of rotatable bonds is 3. The zero-order chi connectivity index (χ0) is 10.1. The highest BCUT2D eigenvalue weighted by atomic mass is 16.6. The fourth-order valence-corrected chi connectivity index (χ4v) is 1.14. The quantitative estimate of drug-likeness (QED) is 0.403. The van der Waals surface area contributed by atoms with E-state index in [1.165, 1.54) is 18.2 Å². The van der Waals surface area contributed by atoms with Gasteiger partial charge in [-0.25, -0.2) is 0 Å². The van der Waals surface area contributed by atoms with Crippen molar-refractivity contribution in [3.8, 4) is 5.75 Å². The molecule has 0 spiro atoms. The van der Waals surface area contributed by atoms with Crippen LogP contribution in [0.15, 0.2) is 18.2 Å². The lowest BCUT2D eigenvalue weighted by atomic mass is 9.96. The first kappa shape index (κ1) is 9.06. The molecular weight excluding hydrogens is 181 g/mol. The normalized spacial score (nSPS) is 15.1. The average molecular weight is 189 g/mol. The predicted molar refractivity (Wildman–Crippen MR) is 52.1 cm³/mol. The van der Waals surface area contributed by atoms with Gasteiger partial charge in [-0.2, -0.15) is 0 Å². The topological polar surface area (TPSA) is 52.4 Å². The molecule has 1 aromatic carbocycles. The minimum Gasteiger partial charge on any atom is -0.484 e. The molecule has 14 heavy (non-hydrogen) atoms. The van der Waals surface area contributed by atoms with Crippen molar-refractivity contribution >= 4 is 19.0 Å². The summed E-state index contributed by atoms with van der Waals surface area (Å²) in [4.78, 5) is 10.2. The minimum absolute atomic E-state index is 0.0221. The number of nitro benzene ring substituents is 1. The predicted octanol–water partition coefficient (Wildman–Crippen LogP) is 0.930. The Labute approximate surface area is 82.4 Å². The standard InChI is InChI=1S/C9H8BNO3/c10-6-1-4-8(11(12)13)9(5-6)14-7-2-3-7/h1,4-5,7H,2-3H2. The molecule has 4 nitrogen and oxygen atoms in total. The summed E-state index contributed by atoms with van der Waals surface area (Å²) in [7, 11) is 5.52. The smallest absolute Gasteiger partial charge is 0.310 e. The fourth-order valence-electron chi connectivity index (χ4n) is 1.14. The van der Waals surface area contributed by atoms with E-state index in [0.717, 1.165) is 12.8 Å². The fraction of sp³-hybridized carbons (Fsp3) is 0.333. The van der Waals surface area contributed by atoms with Gasteiger partial charge in [0.2, 0.25) is 0 Å². The monoisotopic (exact) mass is 189 g/mol. The Morgan fingerprint density at radius 1 is 1.50 bits per heavy atom. The molecule has 0 aliphatic heterocycles. The van der Waals surface area contributed by atoms with Gasteiger partial charge in [0, 0.05) is 6.07 Å². The van der Waals surface area contributed by atoms with E-state index in [9.17, 15) is 10.1 Å². The van der Waals surface area contributed by atoms with Crippen LogP contribution < -0.4 is 10.2 Å². The van der Waals surface area contributed by atoms with Gasteiger partial charge in [0.05, 0.1) is 11.0 Å². The molecule has 0 N–H and O–H groups in total. The summed E-state index contributed by atoms with van der Waals surface area (Å²) in [5.74, 6) is 0.275. The average Bonchev–Trinajstić information content (AvgIpc) is 2.87. The van der Waals surface area contributed by atoms with Crippen LogP contribution in [0.1, 0.15) is 12.8 Å². The minimum atomic E-state index is -0.461. The van der Waals surface area contributed by atoms with E-state index in [0.29, 0.717) is 5.46 Å². The first-order valence-corrected chi connectivity index (χ1v) is 4.37. The number of hydrogen-bond donors (Lipinski definition) is 0. The molecule has 5 heteroatoms. The van der Waals surface area contributed by atoms with Crippen molar-refractivity contribution < 1.29 is 9.66 Å². The molecule has 1 fully saturated rings. The molecule has 1 aliphatic rings. The van der Waals surface area contributed by atoms with E-state index in [4.69, 9.17) is 12.6 Å². The van der Waals surface area contributed by atoms with Crippen molar-refractivity contribution in [3.05, 3.63) is 28.3 Å². The van der Waals surface area contributed by atoms with Crippen molar-refractivity contribution in [3.63, 3.8) is 0 Å². The number of nitro groups is 1. The maximum Gasteiger partial charge on any atom is 0.310 e. The van der Waals surface area contributed by atoms with Crippen LogP contribution in [-0.4, -0.2) is 18.9 Å². The largest absolute Gasteiger partial charge is 0.484 e. The summed E-state index contributed by atoms with van der Waals surface area (Å²) in [5, 5.41) is 10.6. The van der Waals surface area contributed by atoms with Crippen LogP contribution in [0.3, 0.4) is 0 Å². The third-order valence-electron chi connectivity index (χ3n) is 2.00. The molecule has 0 atom stereocenters. The lowest BCUT2D eigenvalue weighted by Gasteiger charge is -2.05. The second-order valence-corrected chi connectivity index (χ2v) is 3.30. The number of benzene rings is 1. The molecule has 1 saturated carbocycles. The number of nitrogens with zero attached hydrogens (tertiary/aromatic N) is 1. The summed E-state index contributed by atoms with van der Waals surface area (Å²) >= 11 is 0. The van der Waals surface area contributed by atoms with Crippen LogP contribution in [0.5, 0.6) is 5.75 Å². The molecule has 0 unspecified atom stereocenters. The van der Waals surface area contributed by atoms with Crippen LogP contribution in [-0.2, 0) is 0 Å². The van der Waals surface area contributed by atoms with Gasteiger partial charge >= 0.3 is 5.69 Å². The summed E-state index contributed by atoms with van der Waals surface area (Å²) in [6.07, 6.45) is 2.06. The van der Waals surface area contributed by atoms with Crippen LogP contribution >= 0.6 is 0 Å². The first-order chi connectivity index (χ1) is 6.66. The van der Waals surface area contributed by atoms with Gasteiger partial charge in [-0.1, -0.05) is 11.5 Å². The second kappa shape index (κ2) is 3.33. The van der Waals surface area contributed by atoms with Gasteiger partial charge in [-0.05, 0) is 18.9 Å². The van der Waals surface area contributed by atoms with Gasteiger partial charge in [0.1, 0.15) is 7.85 Å². The highest BCUT2D eigenvalue weighted by Crippen LogP contribution is 2.32. The Hall–Kier alpha value is -1.52. The third-order valence-corrected chi connectivity index (χ3v) is 2.00. The van der Waals surface area contributed by atoms with Crippen molar-refractivity contribution in [2.45, 2.75) is 18.9 Å². The summed E-state index contributed by atoms with van der Waals surface area (Å²) in [6, 6.07) is 4.36. The molecule has 0 amide bonds. The van der Waals surface area contributed by atoms with Crippen LogP contribution in [0.4, 0.5) is 5.69 Å². The van der Waals surface area contributed by atoms with Gasteiger partial charge < -0.3 is 4.74 Å². The van der Waals surface area contributed by atoms with E-state index in [1.807, 2.05) is 0 Å². The lowest BCUT2D eigenvalue weighted by molar-refractivity contribution is -0.385. The Balaban J connectivity index is 2.31. The Bertz CT molecular complexity index is 376. The molecule has 0 bridgehead atoms.